The van der Waals surface area contributed by atoms with Crippen molar-refractivity contribution in [3.63, 3.8) is 0 Å². The average molecular weight is 174 g/mol. The number of benzene rings is 1. The maximum Gasteiger partial charge on any atom is 0.0946 e. The molecule has 0 heterocycles. The van der Waals surface area contributed by atoms with Crippen LogP contribution < -0.4 is 5.73 Å². The number of rotatable bonds is 1. The molecule has 1 aromatic carbocycles. The molecule has 1 aliphatic rings. The van der Waals surface area contributed by atoms with Crippen LogP contribution in [0, 0.1) is 11.3 Å². The Hall–Kier alpha value is -1.31. The van der Waals surface area contributed by atoms with Crippen molar-refractivity contribution < 1.29 is 0 Å². The van der Waals surface area contributed by atoms with Crippen LogP contribution in [-0.2, 0) is 6.42 Å². The zero-order valence-electron chi connectivity index (χ0n) is 7.75. The topological polar surface area (TPSA) is 49.9 Å². The van der Waals surface area contributed by atoms with Gasteiger partial charge in [-0.15, -0.1) is 0 Å². The number of amidine groups is 1. The summed E-state index contributed by atoms with van der Waals surface area (Å²) >= 11 is 0. The highest BCUT2D eigenvalue weighted by molar-refractivity contribution is 5.82. The van der Waals surface area contributed by atoms with E-state index < -0.39 is 0 Å². The molecule has 2 atom stereocenters. The lowest BCUT2D eigenvalue weighted by molar-refractivity contribution is 0.618. The first-order chi connectivity index (χ1) is 6.20. The van der Waals surface area contributed by atoms with E-state index in [2.05, 4.69) is 25.1 Å². The lowest BCUT2D eigenvalue weighted by Gasteiger charge is -2.13. The molecule has 68 valence electrons. The Labute approximate surface area is 78.3 Å². The van der Waals surface area contributed by atoms with Crippen molar-refractivity contribution in [2.24, 2.45) is 11.7 Å². The Bertz CT molecular complexity index is 344. The van der Waals surface area contributed by atoms with Gasteiger partial charge in [0.2, 0.25) is 0 Å². The molecule has 1 aliphatic carbocycles. The van der Waals surface area contributed by atoms with E-state index in [0.29, 0.717) is 11.8 Å². The summed E-state index contributed by atoms with van der Waals surface area (Å²) in [5, 5.41) is 7.48. The van der Waals surface area contributed by atoms with Gasteiger partial charge in [-0.05, 0) is 23.5 Å². The minimum atomic E-state index is 0.220. The third kappa shape index (κ3) is 1.22. The van der Waals surface area contributed by atoms with E-state index in [-0.39, 0.29) is 5.92 Å². The number of fused-ring (bicyclic) bond motifs is 1. The molecule has 1 aromatic rings. The minimum Gasteiger partial charge on any atom is -0.387 e. The lowest BCUT2D eigenvalue weighted by atomic mass is 9.94. The largest absolute Gasteiger partial charge is 0.387 e. The van der Waals surface area contributed by atoms with Gasteiger partial charge in [-0.25, -0.2) is 0 Å². The van der Waals surface area contributed by atoms with Gasteiger partial charge >= 0.3 is 0 Å². The fourth-order valence-electron chi connectivity index (χ4n) is 2.17. The maximum atomic E-state index is 7.48. The van der Waals surface area contributed by atoms with Gasteiger partial charge in [0.1, 0.15) is 0 Å². The highest BCUT2D eigenvalue weighted by atomic mass is 14.7. The molecule has 2 rings (SSSR count). The quantitative estimate of drug-likeness (QED) is 0.496. The smallest absolute Gasteiger partial charge is 0.0946 e. The summed E-state index contributed by atoms with van der Waals surface area (Å²) in [6.07, 6.45) is 0.937. The molecule has 0 aromatic heterocycles. The van der Waals surface area contributed by atoms with Gasteiger partial charge in [-0.3, -0.25) is 5.41 Å². The second kappa shape index (κ2) is 2.87. The van der Waals surface area contributed by atoms with E-state index in [0.717, 1.165) is 6.42 Å². The second-order valence-electron chi connectivity index (χ2n) is 3.75. The zero-order valence-corrected chi connectivity index (χ0v) is 7.75. The molecular weight excluding hydrogens is 160 g/mol. The molecule has 2 unspecified atom stereocenters. The van der Waals surface area contributed by atoms with Crippen molar-refractivity contribution in [1.29, 1.82) is 5.41 Å². The number of nitrogens with two attached hydrogens (primary N) is 1. The van der Waals surface area contributed by atoms with Crippen LogP contribution in [0.4, 0.5) is 0 Å². The third-order valence-corrected chi connectivity index (χ3v) is 2.99. The van der Waals surface area contributed by atoms with Crippen molar-refractivity contribution >= 4 is 5.84 Å². The van der Waals surface area contributed by atoms with Gasteiger partial charge in [-0.1, -0.05) is 31.2 Å². The molecule has 0 fully saturated rings. The Kier molecular flexibility index (Phi) is 1.83. The molecule has 2 nitrogen and oxygen atoms in total. The summed E-state index contributed by atoms with van der Waals surface area (Å²) < 4.78 is 0. The standard InChI is InChI=1S/C11H14N2/c1-7-9-5-3-2-4-8(9)6-10(7)11(12)13/h2-5,7,10H,6H2,1H3,(H3,12,13). The van der Waals surface area contributed by atoms with Gasteiger partial charge in [0, 0.05) is 5.92 Å². The normalized spacial score (nSPS) is 25.6. The summed E-state index contributed by atoms with van der Waals surface area (Å²) in [6.45, 7) is 2.15. The van der Waals surface area contributed by atoms with Gasteiger partial charge in [0.15, 0.2) is 0 Å². The Morgan fingerprint density at radius 3 is 2.77 bits per heavy atom. The molecule has 0 amide bonds. The summed E-state index contributed by atoms with van der Waals surface area (Å²) in [4.78, 5) is 0. The molecule has 0 bridgehead atoms. The highest BCUT2D eigenvalue weighted by Gasteiger charge is 2.30. The molecule has 2 heteroatoms. The molecule has 0 radical (unpaired) electrons. The first kappa shape index (κ1) is 8.30. The van der Waals surface area contributed by atoms with Crippen LogP contribution in [0.1, 0.15) is 24.0 Å². The van der Waals surface area contributed by atoms with Crippen molar-refractivity contribution in [3.05, 3.63) is 35.4 Å². The Balaban J connectivity index is 2.38. The van der Waals surface area contributed by atoms with Crippen LogP contribution >= 0.6 is 0 Å². The van der Waals surface area contributed by atoms with Crippen LogP contribution in [0.2, 0.25) is 0 Å². The molecule has 0 aliphatic heterocycles. The van der Waals surface area contributed by atoms with Crippen molar-refractivity contribution in [1.82, 2.24) is 0 Å². The van der Waals surface area contributed by atoms with Crippen LogP contribution in [-0.4, -0.2) is 5.84 Å². The summed E-state index contributed by atoms with van der Waals surface area (Å²) in [5.74, 6) is 0.954. The van der Waals surface area contributed by atoms with E-state index in [9.17, 15) is 0 Å². The van der Waals surface area contributed by atoms with Crippen molar-refractivity contribution in [3.8, 4) is 0 Å². The Morgan fingerprint density at radius 2 is 2.15 bits per heavy atom. The summed E-state index contributed by atoms with van der Waals surface area (Å²) in [5.41, 5.74) is 8.27. The lowest BCUT2D eigenvalue weighted by Crippen LogP contribution is -2.24. The predicted molar refractivity (Wildman–Crippen MR) is 54.0 cm³/mol. The van der Waals surface area contributed by atoms with Crippen LogP contribution in [0.3, 0.4) is 0 Å². The first-order valence-electron chi connectivity index (χ1n) is 4.62. The zero-order chi connectivity index (χ0) is 9.42. The SMILES string of the molecule is CC1c2ccccc2CC1C(=N)N. The molecule has 13 heavy (non-hydrogen) atoms. The number of hydrogen-bond donors (Lipinski definition) is 2. The van der Waals surface area contributed by atoms with E-state index in [1.54, 1.807) is 0 Å². The Morgan fingerprint density at radius 1 is 1.46 bits per heavy atom. The fourth-order valence-corrected chi connectivity index (χ4v) is 2.17. The van der Waals surface area contributed by atoms with E-state index in [1.165, 1.54) is 11.1 Å². The molecular formula is C11H14N2. The molecule has 0 saturated heterocycles. The monoisotopic (exact) mass is 174 g/mol. The molecule has 0 saturated carbocycles. The van der Waals surface area contributed by atoms with Gasteiger partial charge < -0.3 is 5.73 Å². The summed E-state index contributed by atoms with van der Waals surface area (Å²) in [6, 6.07) is 8.38. The first-order valence-corrected chi connectivity index (χ1v) is 4.62. The number of hydrogen-bond acceptors (Lipinski definition) is 1. The third-order valence-electron chi connectivity index (χ3n) is 2.99. The predicted octanol–water partition coefficient (Wildman–Crippen LogP) is 1.90. The van der Waals surface area contributed by atoms with E-state index >= 15 is 0 Å². The van der Waals surface area contributed by atoms with Crippen LogP contribution in [0.15, 0.2) is 24.3 Å². The number of nitrogens with one attached hydrogen (secondary N) is 1. The van der Waals surface area contributed by atoms with Crippen LogP contribution in [0.25, 0.3) is 0 Å². The maximum absolute atomic E-state index is 7.48. The second-order valence-corrected chi connectivity index (χ2v) is 3.75. The highest BCUT2D eigenvalue weighted by Crippen LogP contribution is 2.36. The van der Waals surface area contributed by atoms with E-state index in [1.807, 2.05) is 6.07 Å². The van der Waals surface area contributed by atoms with Gasteiger partial charge in [0.05, 0.1) is 5.84 Å². The average Bonchev–Trinajstić information content (AvgIpc) is 2.45. The minimum absolute atomic E-state index is 0.220. The van der Waals surface area contributed by atoms with Crippen molar-refractivity contribution in [2.45, 2.75) is 19.3 Å². The molecule has 0 spiro atoms. The van der Waals surface area contributed by atoms with Crippen LogP contribution in [0.5, 0.6) is 0 Å². The van der Waals surface area contributed by atoms with Crippen molar-refractivity contribution in [2.75, 3.05) is 0 Å². The van der Waals surface area contributed by atoms with Gasteiger partial charge in [0.25, 0.3) is 0 Å². The molecule has 3 N–H and O–H groups in total. The fraction of sp³-hybridized carbons (Fsp3) is 0.364. The summed E-state index contributed by atoms with van der Waals surface area (Å²) in [7, 11) is 0. The van der Waals surface area contributed by atoms with Gasteiger partial charge in [-0.2, -0.15) is 0 Å². The van der Waals surface area contributed by atoms with E-state index in [4.69, 9.17) is 11.1 Å².